The summed E-state index contributed by atoms with van der Waals surface area (Å²) >= 11 is 0. The number of unbranched alkanes of at least 4 members (excludes halogenated alkanes) is 1. The van der Waals surface area contributed by atoms with Gasteiger partial charge in [0, 0.05) is 31.2 Å². The minimum absolute atomic E-state index is 0.0438. The van der Waals surface area contributed by atoms with E-state index in [2.05, 4.69) is 30.7 Å². The number of benzene rings is 1. The Hall–Kier alpha value is -3.33. The number of ether oxygens (including phenoxy) is 3. The molecule has 4 rings (SSSR count). The Kier molecular flexibility index (Phi) is 9.67. The van der Waals surface area contributed by atoms with E-state index in [4.69, 9.17) is 14.2 Å². The van der Waals surface area contributed by atoms with Crippen molar-refractivity contribution in [2.24, 2.45) is 11.8 Å². The van der Waals surface area contributed by atoms with E-state index in [1.165, 1.54) is 0 Å². The number of aromatic nitrogens is 1. The molecule has 9 heteroatoms. The molecule has 9 nitrogen and oxygen atoms in total. The largest absolute Gasteiger partial charge is 0.493 e. The summed E-state index contributed by atoms with van der Waals surface area (Å²) in [5, 5.41) is 10.5. The number of hydrogen-bond acceptors (Lipinski definition) is 7. The van der Waals surface area contributed by atoms with Crippen molar-refractivity contribution in [3.05, 3.63) is 42.2 Å². The number of fused-ring (bicyclic) bond motifs is 1. The summed E-state index contributed by atoms with van der Waals surface area (Å²) in [7, 11) is 1.56. The van der Waals surface area contributed by atoms with Crippen LogP contribution >= 0.6 is 0 Å². The number of carboxylic acid groups (broad SMARTS) is 1. The van der Waals surface area contributed by atoms with E-state index in [9.17, 15) is 14.7 Å². The summed E-state index contributed by atoms with van der Waals surface area (Å²) in [6, 6.07) is 7.17. The number of carboxylic acids is 1. The summed E-state index contributed by atoms with van der Waals surface area (Å²) in [6.45, 7) is 7.69. The van der Waals surface area contributed by atoms with Crippen molar-refractivity contribution >= 4 is 17.6 Å². The maximum atomic E-state index is 13.8. The average molecular weight is 540 g/mol. The molecule has 0 radical (unpaired) electrons. The van der Waals surface area contributed by atoms with Gasteiger partial charge in [0.25, 0.3) is 0 Å². The van der Waals surface area contributed by atoms with E-state index in [0.717, 1.165) is 36.9 Å². The molecule has 4 unspecified atom stereocenters. The molecule has 2 aromatic rings. The SMILES string of the molecule is CCCCN(C(=O)CN1CC(c2cc(OC)c3c(c2)OCO3)C(C(=O)O)C1CC(C)CCC)c1cccnc1. The van der Waals surface area contributed by atoms with E-state index in [1.54, 1.807) is 24.4 Å². The van der Waals surface area contributed by atoms with Crippen molar-refractivity contribution < 1.29 is 28.9 Å². The molecule has 4 atom stereocenters. The number of methoxy groups -OCH3 is 1. The number of anilines is 1. The van der Waals surface area contributed by atoms with Gasteiger partial charge in [-0.05, 0) is 48.6 Å². The highest BCUT2D eigenvalue weighted by Gasteiger charge is 2.48. The van der Waals surface area contributed by atoms with Gasteiger partial charge in [-0.15, -0.1) is 0 Å². The van der Waals surface area contributed by atoms with Gasteiger partial charge in [-0.2, -0.15) is 0 Å². The van der Waals surface area contributed by atoms with Crippen LogP contribution in [-0.2, 0) is 9.59 Å². The third-order valence-corrected chi connectivity index (χ3v) is 7.90. The monoisotopic (exact) mass is 539 g/mol. The van der Waals surface area contributed by atoms with Gasteiger partial charge in [-0.1, -0.05) is 40.0 Å². The van der Waals surface area contributed by atoms with Crippen molar-refractivity contribution in [3.63, 3.8) is 0 Å². The summed E-state index contributed by atoms with van der Waals surface area (Å²) in [5.74, 6) is 0.0455. The third-order valence-electron chi connectivity index (χ3n) is 7.90. The first kappa shape index (κ1) is 28.7. The lowest BCUT2D eigenvalue weighted by Crippen LogP contribution is -2.45. The van der Waals surface area contributed by atoms with Crippen LogP contribution in [0.3, 0.4) is 0 Å². The van der Waals surface area contributed by atoms with E-state index in [1.807, 2.05) is 24.3 Å². The maximum absolute atomic E-state index is 13.8. The second-order valence-electron chi connectivity index (χ2n) is 10.7. The molecule has 0 saturated carbocycles. The number of likely N-dealkylation sites (tertiary alicyclic amines) is 1. The van der Waals surface area contributed by atoms with Crippen molar-refractivity contribution in [1.82, 2.24) is 9.88 Å². The van der Waals surface area contributed by atoms with Crippen LogP contribution in [0, 0.1) is 11.8 Å². The minimum atomic E-state index is -0.852. The lowest BCUT2D eigenvalue weighted by molar-refractivity contribution is -0.143. The number of amides is 1. The van der Waals surface area contributed by atoms with Crippen LogP contribution in [0.5, 0.6) is 17.2 Å². The molecule has 1 amide bonds. The molecule has 39 heavy (non-hydrogen) atoms. The molecule has 2 aliphatic rings. The number of aliphatic carboxylic acids is 1. The highest BCUT2D eigenvalue weighted by Crippen LogP contribution is 2.47. The van der Waals surface area contributed by atoms with Gasteiger partial charge < -0.3 is 24.2 Å². The van der Waals surface area contributed by atoms with Gasteiger partial charge in [0.15, 0.2) is 11.5 Å². The van der Waals surface area contributed by atoms with Gasteiger partial charge in [-0.25, -0.2) is 0 Å². The molecule has 0 spiro atoms. The predicted molar refractivity (Wildman–Crippen MR) is 149 cm³/mol. The quantitative estimate of drug-likeness (QED) is 0.382. The van der Waals surface area contributed by atoms with Gasteiger partial charge in [0.2, 0.25) is 18.4 Å². The molecule has 3 heterocycles. The molecule has 212 valence electrons. The van der Waals surface area contributed by atoms with Crippen molar-refractivity contribution in [2.75, 3.05) is 38.4 Å². The lowest BCUT2D eigenvalue weighted by atomic mass is 9.81. The normalized spacial score (nSPS) is 21.1. The van der Waals surface area contributed by atoms with Crippen LogP contribution < -0.4 is 19.1 Å². The smallest absolute Gasteiger partial charge is 0.308 e. The number of pyridine rings is 1. The van der Waals surface area contributed by atoms with Crippen LogP contribution in [0.4, 0.5) is 5.69 Å². The fourth-order valence-electron chi connectivity index (χ4n) is 6.00. The first-order chi connectivity index (χ1) is 18.9. The first-order valence-corrected chi connectivity index (χ1v) is 14.0. The molecule has 1 aromatic heterocycles. The Bertz CT molecular complexity index is 1130. The second kappa shape index (κ2) is 13.2. The van der Waals surface area contributed by atoms with Crippen LogP contribution in [0.15, 0.2) is 36.7 Å². The highest BCUT2D eigenvalue weighted by atomic mass is 16.7. The van der Waals surface area contributed by atoms with E-state index in [-0.39, 0.29) is 31.2 Å². The van der Waals surface area contributed by atoms with Gasteiger partial charge >= 0.3 is 5.97 Å². The molecular weight excluding hydrogens is 498 g/mol. The molecule has 1 N–H and O–H groups in total. The van der Waals surface area contributed by atoms with E-state index in [0.29, 0.717) is 42.7 Å². The number of hydrogen-bond donors (Lipinski definition) is 1. The zero-order valence-electron chi connectivity index (χ0n) is 23.5. The van der Waals surface area contributed by atoms with Crippen molar-refractivity contribution in [1.29, 1.82) is 0 Å². The van der Waals surface area contributed by atoms with Crippen molar-refractivity contribution in [2.45, 2.75) is 64.8 Å². The number of nitrogens with zero attached hydrogens (tertiary/aromatic N) is 3. The average Bonchev–Trinajstić information content (AvgIpc) is 3.54. The molecule has 1 saturated heterocycles. The second-order valence-corrected chi connectivity index (χ2v) is 10.7. The zero-order valence-corrected chi connectivity index (χ0v) is 23.5. The number of rotatable bonds is 13. The Labute approximate surface area is 231 Å². The van der Waals surface area contributed by atoms with Crippen molar-refractivity contribution in [3.8, 4) is 17.2 Å². The van der Waals surface area contributed by atoms with E-state index >= 15 is 0 Å². The predicted octanol–water partition coefficient (Wildman–Crippen LogP) is 4.95. The molecule has 0 bridgehead atoms. The molecule has 1 fully saturated rings. The van der Waals surface area contributed by atoms with Crippen LogP contribution in [0.25, 0.3) is 0 Å². The Balaban J connectivity index is 1.67. The minimum Gasteiger partial charge on any atom is -0.493 e. The highest BCUT2D eigenvalue weighted by molar-refractivity contribution is 5.94. The fourth-order valence-corrected chi connectivity index (χ4v) is 6.00. The van der Waals surface area contributed by atoms with Crippen LogP contribution in [0.2, 0.25) is 0 Å². The summed E-state index contributed by atoms with van der Waals surface area (Å²) in [6.07, 6.45) is 7.97. The lowest BCUT2D eigenvalue weighted by Gasteiger charge is -2.31. The summed E-state index contributed by atoms with van der Waals surface area (Å²) in [4.78, 5) is 34.7. The Morgan fingerprint density at radius 1 is 1.26 bits per heavy atom. The first-order valence-electron chi connectivity index (χ1n) is 14.0. The molecule has 1 aromatic carbocycles. The van der Waals surface area contributed by atoms with Crippen LogP contribution in [0.1, 0.15) is 64.4 Å². The third kappa shape index (κ3) is 6.46. The van der Waals surface area contributed by atoms with Gasteiger partial charge in [0.1, 0.15) is 0 Å². The number of carbonyl (C=O) groups is 2. The van der Waals surface area contributed by atoms with Crippen LogP contribution in [-0.4, -0.2) is 66.4 Å². The molecule has 2 aliphatic heterocycles. The topological polar surface area (TPSA) is 101 Å². The number of carbonyl (C=O) groups excluding carboxylic acids is 1. The summed E-state index contributed by atoms with van der Waals surface area (Å²) < 4.78 is 16.8. The molecule has 0 aliphatic carbocycles. The maximum Gasteiger partial charge on any atom is 0.308 e. The summed E-state index contributed by atoms with van der Waals surface area (Å²) in [5.41, 5.74) is 1.58. The van der Waals surface area contributed by atoms with E-state index < -0.39 is 11.9 Å². The Morgan fingerprint density at radius 2 is 2.08 bits per heavy atom. The standard InChI is InChI=1S/C30H41N3O6/c1-5-7-12-33(22-10-8-11-31-16-22)27(34)18-32-17-23(28(30(35)36)24(32)13-20(3)9-6-2)21-14-25(37-4)29-26(15-21)38-19-39-29/h8,10-11,14-16,20,23-24,28H,5-7,9,12-13,17-19H2,1-4H3,(H,35,36). The van der Waals surface area contributed by atoms with Gasteiger partial charge in [-0.3, -0.25) is 19.5 Å². The zero-order chi connectivity index (χ0) is 27.9. The fraction of sp³-hybridized carbons (Fsp3) is 0.567. The Morgan fingerprint density at radius 3 is 2.74 bits per heavy atom. The molecular formula is C30H41N3O6. The van der Waals surface area contributed by atoms with Gasteiger partial charge in [0.05, 0.1) is 31.5 Å².